The van der Waals surface area contributed by atoms with Crippen LogP contribution >= 0.6 is 11.6 Å². The van der Waals surface area contributed by atoms with Gasteiger partial charge in [-0.05, 0) is 19.8 Å². The first-order chi connectivity index (χ1) is 8.07. The molecule has 100 valence electrons. The zero-order chi connectivity index (χ0) is 13.1. The molecule has 0 rings (SSSR count). The van der Waals surface area contributed by atoms with E-state index in [1.807, 2.05) is 0 Å². The van der Waals surface area contributed by atoms with Crippen molar-refractivity contribution in [3.05, 3.63) is 0 Å². The molecule has 17 heavy (non-hydrogen) atoms. The fourth-order valence-electron chi connectivity index (χ4n) is 0.980. The van der Waals surface area contributed by atoms with E-state index in [4.69, 9.17) is 16.3 Å². The highest BCUT2D eigenvalue weighted by atomic mass is 35.5. The Balaban J connectivity index is 3.36. The van der Waals surface area contributed by atoms with Gasteiger partial charge in [0, 0.05) is 19.8 Å². The summed E-state index contributed by atoms with van der Waals surface area (Å²) >= 11 is 5.49. The highest BCUT2D eigenvalue weighted by Gasteiger charge is 2.11. The standard InChI is InChI=1S/C11H21ClN2O3/c1-3-4-7-17-8-5-6-13-11(16)14-10(15)9(2)12/h9H,3-8H2,1-2H3,(H2,13,14,15,16). The molecular weight excluding hydrogens is 244 g/mol. The zero-order valence-electron chi connectivity index (χ0n) is 10.4. The molecule has 0 aromatic carbocycles. The highest BCUT2D eigenvalue weighted by Crippen LogP contribution is 1.92. The minimum Gasteiger partial charge on any atom is -0.381 e. The Kier molecular flexibility index (Phi) is 9.86. The molecule has 0 saturated heterocycles. The van der Waals surface area contributed by atoms with E-state index in [0.29, 0.717) is 13.2 Å². The number of unbranched alkanes of at least 4 members (excludes halogenated alkanes) is 1. The molecule has 1 atom stereocenters. The molecule has 0 aromatic heterocycles. The molecule has 0 aromatic rings. The summed E-state index contributed by atoms with van der Waals surface area (Å²) in [7, 11) is 0. The lowest BCUT2D eigenvalue weighted by Gasteiger charge is -2.07. The Hall–Kier alpha value is -0.810. The van der Waals surface area contributed by atoms with E-state index in [1.165, 1.54) is 6.92 Å². The molecule has 6 heteroatoms. The molecule has 5 nitrogen and oxygen atoms in total. The molecule has 0 heterocycles. The summed E-state index contributed by atoms with van der Waals surface area (Å²) in [6, 6.07) is -0.518. The third kappa shape index (κ3) is 10.1. The van der Waals surface area contributed by atoms with E-state index in [-0.39, 0.29) is 0 Å². The maximum atomic E-state index is 11.2. The van der Waals surface area contributed by atoms with Gasteiger partial charge >= 0.3 is 6.03 Å². The van der Waals surface area contributed by atoms with E-state index in [0.717, 1.165) is 25.9 Å². The molecule has 1 unspecified atom stereocenters. The van der Waals surface area contributed by atoms with Crippen molar-refractivity contribution < 1.29 is 14.3 Å². The molecule has 0 spiro atoms. The number of imide groups is 1. The van der Waals surface area contributed by atoms with Crippen LogP contribution in [0.1, 0.15) is 33.1 Å². The maximum absolute atomic E-state index is 11.2. The lowest BCUT2D eigenvalue weighted by atomic mass is 10.4. The van der Waals surface area contributed by atoms with Crippen molar-refractivity contribution in [3.8, 4) is 0 Å². The predicted molar refractivity (Wildman–Crippen MR) is 67.2 cm³/mol. The van der Waals surface area contributed by atoms with Gasteiger partial charge in [-0.25, -0.2) is 4.79 Å². The Morgan fingerprint density at radius 3 is 2.53 bits per heavy atom. The van der Waals surface area contributed by atoms with Gasteiger partial charge in [-0.1, -0.05) is 13.3 Å². The van der Waals surface area contributed by atoms with Crippen LogP contribution in [-0.4, -0.2) is 37.1 Å². The van der Waals surface area contributed by atoms with Crippen LogP contribution in [-0.2, 0) is 9.53 Å². The van der Waals surface area contributed by atoms with Crippen molar-refractivity contribution in [2.45, 2.75) is 38.5 Å². The minimum absolute atomic E-state index is 0.474. The molecule has 0 bridgehead atoms. The monoisotopic (exact) mass is 264 g/mol. The average molecular weight is 265 g/mol. The minimum atomic E-state index is -0.710. The lowest BCUT2D eigenvalue weighted by molar-refractivity contribution is -0.119. The second kappa shape index (κ2) is 10.4. The van der Waals surface area contributed by atoms with Gasteiger partial charge < -0.3 is 10.1 Å². The zero-order valence-corrected chi connectivity index (χ0v) is 11.2. The Morgan fingerprint density at radius 1 is 1.29 bits per heavy atom. The number of carbonyl (C=O) groups excluding carboxylic acids is 2. The second-order valence-corrected chi connectivity index (χ2v) is 4.34. The summed E-state index contributed by atoms with van der Waals surface area (Å²) in [6.45, 7) is 5.45. The topological polar surface area (TPSA) is 67.4 Å². The summed E-state index contributed by atoms with van der Waals surface area (Å²) in [4.78, 5) is 22.2. The van der Waals surface area contributed by atoms with E-state index < -0.39 is 17.3 Å². The van der Waals surface area contributed by atoms with Crippen molar-refractivity contribution in [2.75, 3.05) is 19.8 Å². The molecule has 3 amide bonds. The van der Waals surface area contributed by atoms with Gasteiger partial charge in [-0.15, -0.1) is 11.6 Å². The van der Waals surface area contributed by atoms with Crippen LogP contribution in [0.2, 0.25) is 0 Å². The van der Waals surface area contributed by atoms with E-state index in [1.54, 1.807) is 0 Å². The number of ether oxygens (including phenoxy) is 1. The number of carbonyl (C=O) groups is 2. The summed E-state index contributed by atoms with van der Waals surface area (Å²) in [5, 5.41) is 3.97. The van der Waals surface area contributed by atoms with Crippen LogP contribution < -0.4 is 10.6 Å². The fourth-order valence-corrected chi connectivity index (χ4v) is 1.03. The third-order valence-electron chi connectivity index (χ3n) is 1.99. The number of urea groups is 1. The normalized spacial score (nSPS) is 11.9. The summed E-state index contributed by atoms with van der Waals surface area (Å²) in [5.74, 6) is -0.497. The summed E-state index contributed by atoms with van der Waals surface area (Å²) in [6.07, 6.45) is 2.89. The Bertz CT molecular complexity index is 235. The lowest BCUT2D eigenvalue weighted by Crippen LogP contribution is -2.42. The number of nitrogens with one attached hydrogen (secondary N) is 2. The van der Waals surface area contributed by atoms with E-state index in [2.05, 4.69) is 17.6 Å². The van der Waals surface area contributed by atoms with Crippen LogP contribution in [0.25, 0.3) is 0 Å². The first-order valence-electron chi connectivity index (χ1n) is 5.88. The number of amides is 3. The van der Waals surface area contributed by atoms with Crippen LogP contribution in [0, 0.1) is 0 Å². The molecule has 0 saturated carbocycles. The number of rotatable bonds is 8. The predicted octanol–water partition coefficient (Wildman–Crippen LogP) is 1.65. The average Bonchev–Trinajstić information content (AvgIpc) is 2.27. The van der Waals surface area contributed by atoms with E-state index in [9.17, 15) is 9.59 Å². The van der Waals surface area contributed by atoms with Gasteiger partial charge in [0.1, 0.15) is 5.38 Å². The van der Waals surface area contributed by atoms with Gasteiger partial charge in [0.25, 0.3) is 0 Å². The van der Waals surface area contributed by atoms with Gasteiger partial charge in [0.2, 0.25) is 5.91 Å². The quantitative estimate of drug-likeness (QED) is 0.517. The molecule has 0 radical (unpaired) electrons. The van der Waals surface area contributed by atoms with Gasteiger partial charge in [-0.3, -0.25) is 10.1 Å². The smallest absolute Gasteiger partial charge is 0.321 e. The molecule has 0 aliphatic heterocycles. The van der Waals surface area contributed by atoms with Gasteiger partial charge in [-0.2, -0.15) is 0 Å². The largest absolute Gasteiger partial charge is 0.381 e. The molecule has 0 fully saturated rings. The number of halogens is 1. The Labute approximate surface area is 107 Å². The summed E-state index contributed by atoms with van der Waals surface area (Å²) < 4.78 is 5.32. The molecule has 0 aliphatic rings. The van der Waals surface area contributed by atoms with Crippen molar-refractivity contribution in [2.24, 2.45) is 0 Å². The number of hydrogen-bond donors (Lipinski definition) is 2. The van der Waals surface area contributed by atoms with Crippen molar-refractivity contribution in [3.63, 3.8) is 0 Å². The molecule has 2 N–H and O–H groups in total. The van der Waals surface area contributed by atoms with Crippen LogP contribution in [0.5, 0.6) is 0 Å². The first-order valence-corrected chi connectivity index (χ1v) is 6.32. The van der Waals surface area contributed by atoms with Crippen LogP contribution in [0.3, 0.4) is 0 Å². The van der Waals surface area contributed by atoms with Crippen molar-refractivity contribution in [1.82, 2.24) is 10.6 Å². The second-order valence-electron chi connectivity index (χ2n) is 3.68. The highest BCUT2D eigenvalue weighted by molar-refractivity contribution is 6.31. The molecule has 0 aliphatic carbocycles. The molecular formula is C11H21ClN2O3. The number of hydrogen-bond acceptors (Lipinski definition) is 3. The Morgan fingerprint density at radius 2 is 1.94 bits per heavy atom. The summed E-state index contributed by atoms with van der Waals surface area (Å²) in [5.41, 5.74) is 0. The number of alkyl halides is 1. The maximum Gasteiger partial charge on any atom is 0.321 e. The fraction of sp³-hybridized carbons (Fsp3) is 0.818. The van der Waals surface area contributed by atoms with Crippen LogP contribution in [0.4, 0.5) is 4.79 Å². The van der Waals surface area contributed by atoms with Crippen molar-refractivity contribution >= 4 is 23.5 Å². The first kappa shape index (κ1) is 16.2. The van der Waals surface area contributed by atoms with Gasteiger partial charge in [0.05, 0.1) is 0 Å². The van der Waals surface area contributed by atoms with E-state index >= 15 is 0 Å². The third-order valence-corrected chi connectivity index (χ3v) is 2.19. The van der Waals surface area contributed by atoms with Gasteiger partial charge in [0.15, 0.2) is 0 Å². The van der Waals surface area contributed by atoms with Crippen molar-refractivity contribution in [1.29, 1.82) is 0 Å². The SMILES string of the molecule is CCCCOCCCNC(=O)NC(=O)C(C)Cl. The van der Waals surface area contributed by atoms with Crippen LogP contribution in [0.15, 0.2) is 0 Å².